The number of hydrogen-bond donors (Lipinski definition) is 1. The molecular formula is C10H18N2O2S. The van der Waals surface area contributed by atoms with E-state index in [1.54, 1.807) is 6.20 Å². The van der Waals surface area contributed by atoms with Crippen molar-refractivity contribution in [2.24, 2.45) is 5.73 Å². The minimum Gasteiger partial charge on any atom is -0.443 e. The van der Waals surface area contributed by atoms with Crippen LogP contribution in [-0.2, 0) is 4.74 Å². The first-order chi connectivity index (χ1) is 6.83. The molecule has 1 amide bonds. The SMILES string of the molecule is CCC1=CN(C(=O)OC(C)(C)C)C(N)S1. The summed E-state index contributed by atoms with van der Waals surface area (Å²) >= 11 is 1.49. The normalized spacial score (nSPS) is 21.5. The first kappa shape index (κ1) is 12.4. The maximum Gasteiger partial charge on any atom is 0.416 e. The Bertz CT molecular complexity index is 284. The fourth-order valence-electron chi connectivity index (χ4n) is 1.12. The van der Waals surface area contributed by atoms with E-state index in [2.05, 4.69) is 0 Å². The van der Waals surface area contributed by atoms with Gasteiger partial charge in [0.05, 0.1) is 0 Å². The molecule has 0 aromatic heterocycles. The van der Waals surface area contributed by atoms with Crippen LogP contribution in [0.25, 0.3) is 0 Å². The summed E-state index contributed by atoms with van der Waals surface area (Å²) in [6.45, 7) is 7.54. The van der Waals surface area contributed by atoms with E-state index in [4.69, 9.17) is 10.5 Å². The third-order valence-corrected chi connectivity index (χ3v) is 2.95. The number of amides is 1. The molecule has 0 radical (unpaired) electrons. The Labute approximate surface area is 94.8 Å². The predicted molar refractivity (Wildman–Crippen MR) is 62.0 cm³/mol. The van der Waals surface area contributed by atoms with E-state index in [9.17, 15) is 4.79 Å². The molecule has 2 N–H and O–H groups in total. The lowest BCUT2D eigenvalue weighted by Crippen LogP contribution is -2.40. The molecule has 0 saturated heterocycles. The maximum atomic E-state index is 11.7. The second-order valence-electron chi connectivity index (χ2n) is 4.34. The van der Waals surface area contributed by atoms with Gasteiger partial charge < -0.3 is 10.5 Å². The van der Waals surface area contributed by atoms with E-state index < -0.39 is 5.60 Å². The maximum absolute atomic E-state index is 11.7. The number of allylic oxidation sites excluding steroid dienone is 1. The molecule has 1 atom stereocenters. The Balaban J connectivity index is 2.64. The highest BCUT2D eigenvalue weighted by Crippen LogP contribution is 2.32. The Morgan fingerprint density at radius 1 is 1.67 bits per heavy atom. The van der Waals surface area contributed by atoms with Crippen LogP contribution >= 0.6 is 11.8 Å². The monoisotopic (exact) mass is 230 g/mol. The molecular weight excluding hydrogens is 212 g/mol. The van der Waals surface area contributed by atoms with Crippen LogP contribution in [-0.4, -0.2) is 22.1 Å². The number of thioether (sulfide) groups is 1. The standard InChI is InChI=1S/C10H18N2O2S/c1-5-7-6-12(8(11)15-7)9(13)14-10(2,3)4/h6,8H,5,11H2,1-4H3. The van der Waals surface area contributed by atoms with Crippen LogP contribution in [0.1, 0.15) is 34.1 Å². The van der Waals surface area contributed by atoms with Crippen LogP contribution in [0.4, 0.5) is 4.79 Å². The van der Waals surface area contributed by atoms with Gasteiger partial charge in [-0.25, -0.2) is 4.79 Å². The first-order valence-corrected chi connectivity index (χ1v) is 5.85. The minimum atomic E-state index is -0.482. The van der Waals surface area contributed by atoms with E-state index in [0.29, 0.717) is 0 Å². The van der Waals surface area contributed by atoms with E-state index >= 15 is 0 Å². The highest BCUT2D eigenvalue weighted by molar-refractivity contribution is 8.03. The second kappa shape index (κ2) is 4.45. The number of ether oxygens (including phenoxy) is 1. The molecule has 0 aromatic rings. The number of hydrogen-bond acceptors (Lipinski definition) is 4. The summed E-state index contributed by atoms with van der Waals surface area (Å²) in [6.07, 6.45) is 2.27. The van der Waals surface area contributed by atoms with Crippen LogP contribution < -0.4 is 5.73 Å². The Kier molecular flexibility index (Phi) is 3.67. The molecule has 0 aromatic carbocycles. The Morgan fingerprint density at radius 2 is 2.27 bits per heavy atom. The fourth-order valence-corrected chi connectivity index (χ4v) is 2.03. The van der Waals surface area contributed by atoms with Crippen molar-refractivity contribution in [1.29, 1.82) is 0 Å². The topological polar surface area (TPSA) is 55.6 Å². The molecule has 0 bridgehead atoms. The van der Waals surface area contributed by atoms with E-state index in [1.807, 2.05) is 27.7 Å². The Hall–Kier alpha value is -0.680. The largest absolute Gasteiger partial charge is 0.443 e. The molecule has 0 aliphatic carbocycles. The van der Waals surface area contributed by atoms with Crippen LogP contribution in [0.5, 0.6) is 0 Å². The van der Waals surface area contributed by atoms with Crippen molar-refractivity contribution in [2.75, 3.05) is 0 Å². The van der Waals surface area contributed by atoms with Crippen LogP contribution in [0, 0.1) is 0 Å². The molecule has 15 heavy (non-hydrogen) atoms. The van der Waals surface area contributed by atoms with Crippen LogP contribution in [0.3, 0.4) is 0 Å². The number of nitrogens with zero attached hydrogens (tertiary/aromatic N) is 1. The zero-order valence-electron chi connectivity index (χ0n) is 9.61. The van der Waals surface area contributed by atoms with Crippen molar-refractivity contribution in [1.82, 2.24) is 4.90 Å². The van der Waals surface area contributed by atoms with Gasteiger partial charge in [-0.1, -0.05) is 18.7 Å². The molecule has 86 valence electrons. The van der Waals surface area contributed by atoms with Gasteiger partial charge in [0, 0.05) is 11.1 Å². The summed E-state index contributed by atoms with van der Waals surface area (Å²) in [7, 11) is 0. The fraction of sp³-hybridized carbons (Fsp3) is 0.700. The van der Waals surface area contributed by atoms with Gasteiger partial charge >= 0.3 is 6.09 Å². The molecule has 1 unspecified atom stereocenters. The smallest absolute Gasteiger partial charge is 0.416 e. The first-order valence-electron chi connectivity index (χ1n) is 4.97. The molecule has 0 spiro atoms. The number of nitrogens with two attached hydrogens (primary N) is 1. The molecule has 1 rings (SSSR count). The number of carbonyl (C=O) groups is 1. The van der Waals surface area contributed by atoms with Crippen LogP contribution in [0.15, 0.2) is 11.1 Å². The summed E-state index contributed by atoms with van der Waals surface area (Å²) in [5.74, 6) is 0. The molecule has 5 heteroatoms. The lowest BCUT2D eigenvalue weighted by atomic mass is 10.2. The van der Waals surface area contributed by atoms with Crippen molar-refractivity contribution in [3.8, 4) is 0 Å². The molecule has 1 heterocycles. The van der Waals surface area contributed by atoms with Gasteiger partial charge in [-0.15, -0.1) is 0 Å². The van der Waals surface area contributed by atoms with Gasteiger partial charge in [0.15, 0.2) is 0 Å². The second-order valence-corrected chi connectivity index (χ2v) is 5.59. The zero-order valence-corrected chi connectivity index (χ0v) is 10.4. The van der Waals surface area contributed by atoms with Gasteiger partial charge in [0.1, 0.15) is 11.1 Å². The molecule has 1 aliphatic rings. The van der Waals surface area contributed by atoms with Crippen molar-refractivity contribution in [2.45, 2.75) is 45.2 Å². The zero-order chi connectivity index (χ0) is 11.6. The van der Waals surface area contributed by atoms with Gasteiger partial charge in [-0.3, -0.25) is 4.90 Å². The minimum absolute atomic E-state index is 0.352. The summed E-state index contributed by atoms with van der Waals surface area (Å²) in [6, 6.07) is 0. The van der Waals surface area contributed by atoms with Gasteiger partial charge in [0.25, 0.3) is 0 Å². The Morgan fingerprint density at radius 3 is 2.67 bits per heavy atom. The van der Waals surface area contributed by atoms with E-state index in [1.165, 1.54) is 16.7 Å². The van der Waals surface area contributed by atoms with E-state index in [-0.39, 0.29) is 11.6 Å². The molecule has 0 fully saturated rings. The average molecular weight is 230 g/mol. The van der Waals surface area contributed by atoms with Crippen molar-refractivity contribution >= 4 is 17.9 Å². The highest BCUT2D eigenvalue weighted by Gasteiger charge is 2.30. The average Bonchev–Trinajstić information content (AvgIpc) is 2.43. The molecule has 1 aliphatic heterocycles. The third-order valence-electron chi connectivity index (χ3n) is 1.78. The van der Waals surface area contributed by atoms with E-state index in [0.717, 1.165) is 11.3 Å². The van der Waals surface area contributed by atoms with Crippen molar-refractivity contribution in [3.63, 3.8) is 0 Å². The van der Waals surface area contributed by atoms with Crippen molar-refractivity contribution in [3.05, 3.63) is 11.1 Å². The number of rotatable bonds is 1. The lowest BCUT2D eigenvalue weighted by molar-refractivity contribution is 0.0326. The third kappa shape index (κ3) is 3.43. The summed E-state index contributed by atoms with van der Waals surface area (Å²) in [5.41, 5.74) is 4.97. The molecule has 0 saturated carbocycles. The highest BCUT2D eigenvalue weighted by atomic mass is 32.2. The summed E-state index contributed by atoms with van der Waals surface area (Å²) < 4.78 is 5.23. The summed E-state index contributed by atoms with van der Waals surface area (Å²) in [5, 5.41) is 0. The predicted octanol–water partition coefficient (Wildman–Crippen LogP) is 2.46. The van der Waals surface area contributed by atoms with Gasteiger partial charge in [-0.2, -0.15) is 0 Å². The van der Waals surface area contributed by atoms with Gasteiger partial charge in [-0.05, 0) is 27.2 Å². The van der Waals surface area contributed by atoms with Crippen molar-refractivity contribution < 1.29 is 9.53 Å². The lowest BCUT2D eigenvalue weighted by Gasteiger charge is -2.25. The summed E-state index contributed by atoms with van der Waals surface area (Å²) in [4.78, 5) is 14.2. The quantitative estimate of drug-likeness (QED) is 0.751. The molecule has 4 nitrogen and oxygen atoms in total. The number of carbonyl (C=O) groups excluding carboxylic acids is 1. The van der Waals surface area contributed by atoms with Crippen LogP contribution in [0.2, 0.25) is 0 Å². The van der Waals surface area contributed by atoms with Gasteiger partial charge in [0.2, 0.25) is 0 Å².